The third kappa shape index (κ3) is 4.36. The number of imidazole rings is 1. The molecular formula is C22H19F3N4O2S. The van der Waals surface area contributed by atoms with Gasteiger partial charge in [-0.3, -0.25) is 14.5 Å². The van der Waals surface area contributed by atoms with Crippen LogP contribution in [0.3, 0.4) is 0 Å². The Bertz CT molecular complexity index is 1150. The second-order valence-electron chi connectivity index (χ2n) is 7.23. The normalized spacial score (nSPS) is 16.3. The number of anilines is 2. The smallest absolute Gasteiger partial charge is 0.324 e. The standard InChI is InChI=1S/C22H19F3N4O2S/c1-28-17(14-7-3-2-4-8-14)12-26-21(28)32-13-20(31)29-16-10-6-5-9-15(16)27-19(30)11-18(29)22(23,24)25/h2-10,12,18H,11,13H2,1H3,(H,27,30). The highest BCUT2D eigenvalue weighted by Crippen LogP contribution is 2.38. The van der Waals surface area contributed by atoms with E-state index in [-0.39, 0.29) is 17.1 Å². The Labute approximate surface area is 186 Å². The maximum Gasteiger partial charge on any atom is 0.409 e. The van der Waals surface area contributed by atoms with Crippen molar-refractivity contribution in [2.75, 3.05) is 16.0 Å². The predicted octanol–water partition coefficient (Wildman–Crippen LogP) is 4.49. The van der Waals surface area contributed by atoms with Crippen LogP contribution in [0.5, 0.6) is 0 Å². The van der Waals surface area contributed by atoms with Crippen LogP contribution in [0.4, 0.5) is 24.5 Å². The maximum absolute atomic E-state index is 13.8. The van der Waals surface area contributed by atoms with Gasteiger partial charge in [-0.1, -0.05) is 54.2 Å². The lowest BCUT2D eigenvalue weighted by atomic mass is 10.1. The average Bonchev–Trinajstić information content (AvgIpc) is 3.04. The molecular weight excluding hydrogens is 441 g/mol. The highest BCUT2D eigenvalue weighted by atomic mass is 32.2. The van der Waals surface area contributed by atoms with Crippen molar-refractivity contribution in [1.29, 1.82) is 0 Å². The zero-order valence-corrected chi connectivity index (χ0v) is 17.8. The fourth-order valence-corrected chi connectivity index (χ4v) is 4.41. The first kappa shape index (κ1) is 21.9. The second kappa shape index (κ2) is 8.70. The summed E-state index contributed by atoms with van der Waals surface area (Å²) in [6, 6.07) is 13.3. The van der Waals surface area contributed by atoms with Crippen LogP contribution in [-0.2, 0) is 16.6 Å². The highest BCUT2D eigenvalue weighted by Gasteiger charge is 2.48. The molecule has 0 spiro atoms. The van der Waals surface area contributed by atoms with Gasteiger partial charge >= 0.3 is 6.18 Å². The lowest BCUT2D eigenvalue weighted by Gasteiger charge is -2.31. The van der Waals surface area contributed by atoms with Gasteiger partial charge in [0.2, 0.25) is 11.8 Å². The van der Waals surface area contributed by atoms with Crippen LogP contribution in [-0.4, -0.2) is 39.3 Å². The number of rotatable bonds is 4. The number of carbonyl (C=O) groups excluding carboxylic acids is 2. The Morgan fingerprint density at radius 1 is 1.16 bits per heavy atom. The van der Waals surface area contributed by atoms with Gasteiger partial charge in [-0.2, -0.15) is 13.2 Å². The van der Waals surface area contributed by atoms with E-state index in [9.17, 15) is 22.8 Å². The van der Waals surface area contributed by atoms with Crippen LogP contribution in [0.25, 0.3) is 11.3 Å². The molecule has 0 bridgehead atoms. The molecule has 166 valence electrons. The van der Waals surface area contributed by atoms with Crippen LogP contribution in [0, 0.1) is 0 Å². The van der Waals surface area contributed by atoms with E-state index in [0.29, 0.717) is 10.1 Å². The number of para-hydroxylation sites is 2. The molecule has 2 aromatic carbocycles. The summed E-state index contributed by atoms with van der Waals surface area (Å²) < 4.78 is 43.3. The number of alkyl halides is 3. The number of hydrogen-bond donors (Lipinski definition) is 1. The second-order valence-corrected chi connectivity index (χ2v) is 8.17. The van der Waals surface area contributed by atoms with E-state index in [1.165, 1.54) is 18.2 Å². The Morgan fingerprint density at radius 3 is 2.56 bits per heavy atom. The number of benzene rings is 2. The molecule has 1 aliphatic rings. The van der Waals surface area contributed by atoms with Gasteiger partial charge < -0.3 is 9.88 Å². The molecule has 0 fully saturated rings. The molecule has 10 heteroatoms. The maximum atomic E-state index is 13.8. The minimum atomic E-state index is -4.77. The minimum Gasteiger partial charge on any atom is -0.324 e. The molecule has 0 aliphatic carbocycles. The summed E-state index contributed by atoms with van der Waals surface area (Å²) >= 11 is 1.05. The number of nitrogens with zero attached hydrogens (tertiary/aromatic N) is 3. The first-order valence-electron chi connectivity index (χ1n) is 9.73. The number of hydrogen-bond acceptors (Lipinski definition) is 4. The molecule has 2 amide bonds. The molecule has 3 aromatic rings. The Morgan fingerprint density at radius 2 is 1.84 bits per heavy atom. The number of amides is 2. The number of nitrogens with one attached hydrogen (secondary N) is 1. The predicted molar refractivity (Wildman–Crippen MR) is 116 cm³/mol. The largest absolute Gasteiger partial charge is 0.409 e. The lowest BCUT2D eigenvalue weighted by Crippen LogP contribution is -2.50. The number of halogens is 3. The third-order valence-corrected chi connectivity index (χ3v) is 6.14. The van der Waals surface area contributed by atoms with Crippen molar-refractivity contribution < 1.29 is 22.8 Å². The molecule has 4 rings (SSSR count). The highest BCUT2D eigenvalue weighted by molar-refractivity contribution is 7.99. The summed E-state index contributed by atoms with van der Waals surface area (Å²) in [5.74, 6) is -1.82. The number of carbonyl (C=O) groups is 2. The number of aromatic nitrogens is 2. The van der Waals surface area contributed by atoms with Gasteiger partial charge in [-0.05, 0) is 17.7 Å². The monoisotopic (exact) mass is 460 g/mol. The summed E-state index contributed by atoms with van der Waals surface area (Å²) in [5, 5.41) is 2.96. The van der Waals surface area contributed by atoms with Crippen molar-refractivity contribution in [3.8, 4) is 11.3 Å². The van der Waals surface area contributed by atoms with E-state index in [2.05, 4.69) is 10.3 Å². The van der Waals surface area contributed by atoms with E-state index in [1.807, 2.05) is 30.3 Å². The molecule has 0 saturated heterocycles. The molecule has 1 N–H and O–H groups in total. The summed E-state index contributed by atoms with van der Waals surface area (Å²) in [4.78, 5) is 30.1. The minimum absolute atomic E-state index is 0.0242. The molecule has 1 aromatic heterocycles. The molecule has 1 unspecified atom stereocenters. The zero-order valence-electron chi connectivity index (χ0n) is 17.0. The van der Waals surface area contributed by atoms with Gasteiger partial charge in [-0.15, -0.1) is 0 Å². The topological polar surface area (TPSA) is 67.2 Å². The summed E-state index contributed by atoms with van der Waals surface area (Å²) in [5.41, 5.74) is 1.95. The van der Waals surface area contributed by atoms with Gasteiger partial charge in [0.05, 0.1) is 35.4 Å². The Hall–Kier alpha value is -3.27. The average molecular weight is 460 g/mol. The number of thioether (sulfide) groups is 1. The zero-order chi connectivity index (χ0) is 22.9. The van der Waals surface area contributed by atoms with Gasteiger partial charge in [-0.25, -0.2) is 4.98 Å². The number of fused-ring (bicyclic) bond motifs is 1. The van der Waals surface area contributed by atoms with Crippen molar-refractivity contribution in [2.24, 2.45) is 7.05 Å². The fraction of sp³-hybridized carbons (Fsp3) is 0.227. The van der Waals surface area contributed by atoms with E-state index < -0.39 is 30.5 Å². The van der Waals surface area contributed by atoms with Crippen LogP contribution < -0.4 is 10.2 Å². The first-order chi connectivity index (χ1) is 15.3. The Balaban J connectivity index is 1.60. The molecule has 0 radical (unpaired) electrons. The summed E-state index contributed by atoms with van der Waals surface area (Å²) in [7, 11) is 1.78. The fourth-order valence-electron chi connectivity index (χ4n) is 3.60. The van der Waals surface area contributed by atoms with E-state index >= 15 is 0 Å². The molecule has 2 heterocycles. The van der Waals surface area contributed by atoms with Gasteiger partial charge in [0.1, 0.15) is 6.04 Å². The first-order valence-corrected chi connectivity index (χ1v) is 10.7. The van der Waals surface area contributed by atoms with Crippen molar-refractivity contribution in [3.63, 3.8) is 0 Å². The van der Waals surface area contributed by atoms with Crippen LogP contribution >= 0.6 is 11.8 Å². The van der Waals surface area contributed by atoms with Crippen molar-refractivity contribution in [2.45, 2.75) is 23.8 Å². The van der Waals surface area contributed by atoms with Crippen molar-refractivity contribution >= 4 is 35.0 Å². The van der Waals surface area contributed by atoms with E-state index in [1.54, 1.807) is 23.9 Å². The van der Waals surface area contributed by atoms with Crippen LogP contribution in [0.2, 0.25) is 0 Å². The van der Waals surface area contributed by atoms with Gasteiger partial charge in [0, 0.05) is 7.05 Å². The van der Waals surface area contributed by atoms with E-state index in [4.69, 9.17) is 0 Å². The van der Waals surface area contributed by atoms with Crippen LogP contribution in [0.15, 0.2) is 66.0 Å². The molecule has 1 aliphatic heterocycles. The van der Waals surface area contributed by atoms with Crippen molar-refractivity contribution in [3.05, 3.63) is 60.8 Å². The summed E-state index contributed by atoms with van der Waals surface area (Å²) in [6.07, 6.45) is -3.97. The van der Waals surface area contributed by atoms with Crippen molar-refractivity contribution in [1.82, 2.24) is 9.55 Å². The van der Waals surface area contributed by atoms with E-state index in [0.717, 1.165) is 23.0 Å². The van der Waals surface area contributed by atoms with Gasteiger partial charge in [0.25, 0.3) is 0 Å². The lowest BCUT2D eigenvalue weighted by molar-refractivity contribution is -0.157. The molecule has 1 atom stereocenters. The SMILES string of the molecule is Cn1c(-c2ccccc2)cnc1SCC(=O)N1c2ccccc2NC(=O)CC1C(F)(F)F. The molecule has 6 nitrogen and oxygen atoms in total. The molecule has 32 heavy (non-hydrogen) atoms. The quantitative estimate of drug-likeness (QED) is 0.583. The third-order valence-electron chi connectivity index (χ3n) is 5.11. The van der Waals surface area contributed by atoms with Gasteiger partial charge in [0.15, 0.2) is 5.16 Å². The van der Waals surface area contributed by atoms with Crippen LogP contribution in [0.1, 0.15) is 6.42 Å². The Kier molecular flexibility index (Phi) is 5.96. The molecule has 0 saturated carbocycles. The summed E-state index contributed by atoms with van der Waals surface area (Å²) in [6.45, 7) is 0.